The van der Waals surface area contributed by atoms with Gasteiger partial charge in [-0.25, -0.2) is 0 Å². The predicted octanol–water partition coefficient (Wildman–Crippen LogP) is 3.88. The zero-order valence-corrected chi connectivity index (χ0v) is 15.5. The summed E-state index contributed by atoms with van der Waals surface area (Å²) in [7, 11) is 0. The maximum Gasteiger partial charge on any atom is 0.422 e. The smallest absolute Gasteiger partial charge is 0.422 e. The van der Waals surface area contributed by atoms with E-state index in [9.17, 15) is 18.0 Å². The molecule has 2 heterocycles. The van der Waals surface area contributed by atoms with Crippen molar-refractivity contribution in [3.05, 3.63) is 54.0 Å². The van der Waals surface area contributed by atoms with Gasteiger partial charge in [0, 0.05) is 17.2 Å². The molecule has 3 aromatic rings. The van der Waals surface area contributed by atoms with E-state index >= 15 is 0 Å². The number of para-hydroxylation sites is 1. The number of alkyl halides is 3. The minimum atomic E-state index is -4.40. The highest BCUT2D eigenvalue weighted by Gasteiger charge is 2.46. The van der Waals surface area contributed by atoms with Crippen LogP contribution in [0, 0.1) is 5.92 Å². The second kappa shape index (κ2) is 7.38. The number of halogens is 3. The number of H-pyrrole nitrogens is 1. The van der Waals surface area contributed by atoms with Crippen molar-refractivity contribution in [3.63, 3.8) is 0 Å². The summed E-state index contributed by atoms with van der Waals surface area (Å²) in [5.74, 6) is -0.144. The topological polar surface area (TPSA) is 79.9 Å². The fourth-order valence-corrected chi connectivity index (χ4v) is 3.35. The largest absolute Gasteiger partial charge is 0.483 e. The van der Waals surface area contributed by atoms with Gasteiger partial charge < -0.3 is 10.1 Å². The maximum atomic E-state index is 12.6. The van der Waals surface area contributed by atoms with Gasteiger partial charge in [0.2, 0.25) is 5.91 Å². The lowest BCUT2D eigenvalue weighted by Gasteiger charge is -2.14. The first-order valence-electron chi connectivity index (χ1n) is 9.21. The minimum Gasteiger partial charge on any atom is -0.483 e. The van der Waals surface area contributed by atoms with Crippen molar-refractivity contribution in [3.8, 4) is 5.75 Å². The third-order valence-corrected chi connectivity index (χ3v) is 4.94. The molecular formula is C20H19F3N4O2. The van der Waals surface area contributed by atoms with Crippen LogP contribution in [0.25, 0.3) is 10.9 Å². The van der Waals surface area contributed by atoms with Crippen molar-refractivity contribution < 1.29 is 22.7 Å². The van der Waals surface area contributed by atoms with Crippen LogP contribution in [-0.4, -0.2) is 33.9 Å². The van der Waals surface area contributed by atoms with Gasteiger partial charge in [0.15, 0.2) is 6.61 Å². The molecule has 2 unspecified atom stereocenters. The number of rotatable bonds is 6. The lowest BCUT2D eigenvalue weighted by Crippen LogP contribution is -2.29. The molecule has 1 aliphatic rings. The molecule has 4 rings (SSSR count). The Hall–Kier alpha value is -3.10. The highest BCUT2D eigenvalue weighted by molar-refractivity contribution is 5.87. The Labute approximate surface area is 164 Å². The molecule has 152 valence electrons. The van der Waals surface area contributed by atoms with E-state index < -0.39 is 12.8 Å². The molecule has 1 fully saturated rings. The van der Waals surface area contributed by atoms with E-state index in [2.05, 4.69) is 25.2 Å². The molecule has 0 bridgehead atoms. The van der Waals surface area contributed by atoms with Crippen LogP contribution < -0.4 is 10.1 Å². The van der Waals surface area contributed by atoms with Gasteiger partial charge in [0.1, 0.15) is 5.75 Å². The lowest BCUT2D eigenvalue weighted by atomic mass is 10.1. The van der Waals surface area contributed by atoms with Crippen LogP contribution in [0.1, 0.15) is 36.7 Å². The van der Waals surface area contributed by atoms with Gasteiger partial charge in [0.25, 0.3) is 0 Å². The van der Waals surface area contributed by atoms with Gasteiger partial charge in [-0.1, -0.05) is 18.2 Å². The number of benzene rings is 1. The third-order valence-electron chi connectivity index (χ3n) is 4.94. The molecule has 1 saturated carbocycles. The average molecular weight is 404 g/mol. The van der Waals surface area contributed by atoms with Crippen molar-refractivity contribution >= 4 is 16.8 Å². The molecular weight excluding hydrogens is 385 g/mol. The van der Waals surface area contributed by atoms with Gasteiger partial charge in [-0.2, -0.15) is 18.3 Å². The second-order valence-electron chi connectivity index (χ2n) is 7.16. The number of amides is 1. The van der Waals surface area contributed by atoms with E-state index in [-0.39, 0.29) is 29.5 Å². The van der Waals surface area contributed by atoms with Gasteiger partial charge in [-0.3, -0.25) is 14.9 Å². The summed E-state index contributed by atoms with van der Waals surface area (Å²) < 4.78 is 41.2. The number of ether oxygens (including phenoxy) is 1. The predicted molar refractivity (Wildman–Crippen MR) is 99.3 cm³/mol. The van der Waals surface area contributed by atoms with E-state index in [0.717, 1.165) is 23.0 Å². The Morgan fingerprint density at radius 3 is 2.83 bits per heavy atom. The fourth-order valence-electron chi connectivity index (χ4n) is 3.35. The molecule has 6 nitrogen and oxygen atoms in total. The van der Waals surface area contributed by atoms with E-state index in [1.165, 1.54) is 12.3 Å². The first-order chi connectivity index (χ1) is 13.8. The Morgan fingerprint density at radius 2 is 2.10 bits per heavy atom. The fraction of sp³-hybridized carbons (Fsp3) is 0.350. The molecule has 0 saturated heterocycles. The molecule has 29 heavy (non-hydrogen) atoms. The summed E-state index contributed by atoms with van der Waals surface area (Å²) >= 11 is 0. The number of hydrogen-bond acceptors (Lipinski definition) is 4. The van der Waals surface area contributed by atoms with Crippen LogP contribution in [0.15, 0.2) is 42.6 Å². The van der Waals surface area contributed by atoms with E-state index in [0.29, 0.717) is 5.69 Å². The number of aromatic nitrogens is 3. The van der Waals surface area contributed by atoms with Crippen LogP contribution in [0.2, 0.25) is 0 Å². The summed E-state index contributed by atoms with van der Waals surface area (Å²) in [5.41, 5.74) is 2.39. The Morgan fingerprint density at radius 1 is 1.31 bits per heavy atom. The van der Waals surface area contributed by atoms with Crippen LogP contribution in [0.5, 0.6) is 5.75 Å². The average Bonchev–Trinajstić information content (AvgIpc) is 3.38. The summed E-state index contributed by atoms with van der Waals surface area (Å²) in [6, 6.07) is 10.4. The minimum absolute atomic E-state index is 0.0252. The SMILES string of the molecule is C[C@@H](NC(=O)C1CC1c1n[nH]c2ccccc12)c1ccc(OCC(F)(F)F)cn1. The Balaban J connectivity index is 1.34. The molecule has 0 spiro atoms. The number of nitrogens with one attached hydrogen (secondary N) is 2. The number of carbonyl (C=O) groups excluding carboxylic acids is 1. The molecule has 1 aromatic carbocycles. The maximum absolute atomic E-state index is 12.6. The molecule has 2 N–H and O–H groups in total. The third kappa shape index (κ3) is 4.33. The van der Waals surface area contributed by atoms with Crippen molar-refractivity contribution in [2.45, 2.75) is 31.5 Å². The van der Waals surface area contributed by atoms with Crippen molar-refractivity contribution in [1.29, 1.82) is 0 Å². The zero-order chi connectivity index (χ0) is 20.6. The highest BCUT2D eigenvalue weighted by Crippen LogP contribution is 2.48. The van der Waals surface area contributed by atoms with Gasteiger partial charge in [0.05, 0.1) is 29.1 Å². The number of pyridine rings is 1. The summed E-state index contributed by atoms with van der Waals surface area (Å²) in [4.78, 5) is 16.7. The Bertz CT molecular complexity index is 1020. The number of fused-ring (bicyclic) bond motifs is 1. The van der Waals surface area contributed by atoms with Gasteiger partial charge >= 0.3 is 6.18 Å². The highest BCUT2D eigenvalue weighted by atomic mass is 19.4. The zero-order valence-electron chi connectivity index (χ0n) is 15.5. The Kier molecular flexibility index (Phi) is 4.89. The van der Waals surface area contributed by atoms with Crippen LogP contribution in [0.4, 0.5) is 13.2 Å². The van der Waals surface area contributed by atoms with Gasteiger partial charge in [-0.15, -0.1) is 0 Å². The number of aromatic amines is 1. The van der Waals surface area contributed by atoms with Crippen LogP contribution >= 0.6 is 0 Å². The standard InChI is InChI=1S/C20H19F3N4O2/c1-11(16-7-6-12(9-24-16)29-10-20(21,22)23)25-19(28)15-8-14(15)18-13-4-2-3-5-17(13)26-27-18/h2-7,9,11,14-15H,8,10H2,1H3,(H,25,28)(H,26,27)/t11-,14?,15?/m1/s1. The second-order valence-corrected chi connectivity index (χ2v) is 7.16. The summed E-state index contributed by atoms with van der Waals surface area (Å²) in [6.45, 7) is 0.406. The van der Waals surface area contributed by atoms with Crippen LogP contribution in [-0.2, 0) is 4.79 Å². The molecule has 9 heteroatoms. The molecule has 3 atom stereocenters. The monoisotopic (exact) mass is 404 g/mol. The van der Waals surface area contributed by atoms with E-state index in [1.54, 1.807) is 13.0 Å². The van der Waals surface area contributed by atoms with Crippen molar-refractivity contribution in [2.24, 2.45) is 5.92 Å². The van der Waals surface area contributed by atoms with E-state index in [4.69, 9.17) is 0 Å². The molecule has 2 aromatic heterocycles. The number of carbonyl (C=O) groups is 1. The van der Waals surface area contributed by atoms with E-state index in [1.807, 2.05) is 24.3 Å². The lowest BCUT2D eigenvalue weighted by molar-refractivity contribution is -0.153. The quantitative estimate of drug-likeness (QED) is 0.654. The molecule has 0 aliphatic heterocycles. The number of hydrogen-bond donors (Lipinski definition) is 2. The summed E-state index contributed by atoms with van der Waals surface area (Å²) in [6.07, 6.45) is -2.45. The number of nitrogens with zero attached hydrogens (tertiary/aromatic N) is 2. The van der Waals surface area contributed by atoms with Crippen LogP contribution in [0.3, 0.4) is 0 Å². The first-order valence-corrected chi connectivity index (χ1v) is 9.21. The molecule has 0 radical (unpaired) electrons. The normalized spacial score (nSPS) is 19.7. The van der Waals surface area contributed by atoms with Crippen molar-refractivity contribution in [2.75, 3.05) is 6.61 Å². The molecule has 1 amide bonds. The van der Waals surface area contributed by atoms with Gasteiger partial charge in [-0.05, 0) is 31.5 Å². The molecule has 1 aliphatic carbocycles. The van der Waals surface area contributed by atoms with Crippen molar-refractivity contribution in [1.82, 2.24) is 20.5 Å². The first kappa shape index (κ1) is 19.2. The summed E-state index contributed by atoms with van der Waals surface area (Å²) in [5, 5.41) is 11.3.